The molecular formula is C20H27NO3S. The van der Waals surface area contributed by atoms with E-state index >= 15 is 0 Å². The predicted octanol–water partition coefficient (Wildman–Crippen LogP) is 4.06. The number of aliphatic hydroxyl groups is 1. The van der Waals surface area contributed by atoms with Crippen LogP contribution in [-0.4, -0.2) is 28.6 Å². The highest BCUT2D eigenvalue weighted by Gasteiger charge is 2.18. The molecule has 0 aliphatic carbocycles. The number of carbonyl (C=O) groups is 1. The largest absolute Gasteiger partial charge is 0.426 e. The monoisotopic (exact) mass is 361 g/mol. The fourth-order valence-corrected chi connectivity index (χ4v) is 3.76. The van der Waals surface area contributed by atoms with Crippen molar-refractivity contribution in [2.45, 2.75) is 53.2 Å². The summed E-state index contributed by atoms with van der Waals surface area (Å²) in [6, 6.07) is 6.38. The molecule has 0 radical (unpaired) electrons. The Bertz CT molecular complexity index is 670. The molecule has 0 fully saturated rings. The first-order valence-corrected chi connectivity index (χ1v) is 9.53. The van der Waals surface area contributed by atoms with Crippen molar-refractivity contribution in [2.75, 3.05) is 6.61 Å². The Kier molecular flexibility index (Phi) is 7.17. The van der Waals surface area contributed by atoms with Gasteiger partial charge in [-0.1, -0.05) is 19.1 Å². The topological polar surface area (TPSA) is 49.8 Å². The number of benzene rings is 1. The van der Waals surface area contributed by atoms with Crippen LogP contribution in [0.25, 0.3) is 0 Å². The normalized spacial score (nSPS) is 12.4. The molecule has 1 N–H and O–H groups in total. The third kappa shape index (κ3) is 5.39. The molecule has 0 spiro atoms. The Balaban J connectivity index is 2.24. The minimum absolute atomic E-state index is 0.119. The molecule has 2 aromatic rings. The lowest BCUT2D eigenvalue weighted by Gasteiger charge is -2.30. The van der Waals surface area contributed by atoms with Crippen LogP contribution in [0.15, 0.2) is 29.0 Å². The number of hydrogen-bond donors (Lipinski definition) is 1. The van der Waals surface area contributed by atoms with Crippen molar-refractivity contribution in [3.8, 4) is 5.75 Å². The number of thiophene rings is 1. The molecule has 2 rings (SSSR count). The average molecular weight is 362 g/mol. The quantitative estimate of drug-likeness (QED) is 0.569. The zero-order chi connectivity index (χ0) is 18.4. The predicted molar refractivity (Wildman–Crippen MR) is 102 cm³/mol. The first-order valence-electron chi connectivity index (χ1n) is 8.59. The lowest BCUT2D eigenvalue weighted by molar-refractivity contribution is -0.131. The van der Waals surface area contributed by atoms with Gasteiger partial charge in [0, 0.05) is 26.1 Å². The Hall–Kier alpha value is -1.69. The zero-order valence-electron chi connectivity index (χ0n) is 15.4. The van der Waals surface area contributed by atoms with Crippen LogP contribution in [0.1, 0.15) is 42.5 Å². The molecule has 136 valence electrons. The molecule has 0 saturated heterocycles. The number of carbonyl (C=O) groups excluding carboxylic acids is 1. The SMILES string of the molecule is CC[C@H](CO)N(Cc1ccsc1)Cc1cc(C)c(OC(C)=O)c(C)c1. The second kappa shape index (κ2) is 9.13. The molecule has 0 aliphatic rings. The van der Waals surface area contributed by atoms with E-state index in [1.807, 2.05) is 13.8 Å². The summed E-state index contributed by atoms with van der Waals surface area (Å²) in [5.74, 6) is 0.346. The Morgan fingerprint density at radius 1 is 1.24 bits per heavy atom. The van der Waals surface area contributed by atoms with Crippen LogP contribution in [0, 0.1) is 13.8 Å². The molecule has 0 aliphatic heterocycles. The van der Waals surface area contributed by atoms with Crippen LogP contribution in [0.5, 0.6) is 5.75 Å². The van der Waals surface area contributed by atoms with Gasteiger partial charge in [-0.15, -0.1) is 0 Å². The van der Waals surface area contributed by atoms with Gasteiger partial charge in [0.05, 0.1) is 6.61 Å². The van der Waals surface area contributed by atoms with E-state index in [2.05, 4.69) is 40.8 Å². The molecule has 1 aromatic carbocycles. The van der Waals surface area contributed by atoms with Crippen molar-refractivity contribution >= 4 is 17.3 Å². The highest BCUT2D eigenvalue weighted by Crippen LogP contribution is 2.26. The minimum atomic E-state index is -0.302. The van der Waals surface area contributed by atoms with Crippen molar-refractivity contribution in [3.05, 3.63) is 51.2 Å². The number of aliphatic hydroxyl groups excluding tert-OH is 1. The standard InChI is InChI=1S/C20H27NO3S/c1-5-19(12-22)21(10-17-6-7-25-13-17)11-18-8-14(2)20(15(3)9-18)24-16(4)23/h6-9,13,19,22H,5,10-12H2,1-4H3/t19-/m1/s1. The average Bonchev–Trinajstić information content (AvgIpc) is 3.05. The molecule has 4 nitrogen and oxygen atoms in total. The fraction of sp³-hybridized carbons (Fsp3) is 0.450. The van der Waals surface area contributed by atoms with Gasteiger partial charge >= 0.3 is 5.97 Å². The summed E-state index contributed by atoms with van der Waals surface area (Å²) >= 11 is 1.69. The maximum atomic E-state index is 11.3. The van der Waals surface area contributed by atoms with Crippen LogP contribution >= 0.6 is 11.3 Å². The Morgan fingerprint density at radius 3 is 2.36 bits per heavy atom. The van der Waals surface area contributed by atoms with E-state index in [9.17, 15) is 9.90 Å². The number of nitrogens with zero attached hydrogens (tertiary/aromatic N) is 1. The number of ether oxygens (including phenoxy) is 1. The summed E-state index contributed by atoms with van der Waals surface area (Å²) < 4.78 is 5.32. The highest BCUT2D eigenvalue weighted by atomic mass is 32.1. The van der Waals surface area contributed by atoms with Gasteiger partial charge in [-0.3, -0.25) is 9.69 Å². The van der Waals surface area contributed by atoms with Gasteiger partial charge in [0.15, 0.2) is 0 Å². The van der Waals surface area contributed by atoms with Crippen molar-refractivity contribution in [3.63, 3.8) is 0 Å². The summed E-state index contributed by atoms with van der Waals surface area (Å²) in [4.78, 5) is 13.6. The van der Waals surface area contributed by atoms with Crippen LogP contribution in [0.4, 0.5) is 0 Å². The Morgan fingerprint density at radius 2 is 1.88 bits per heavy atom. The van der Waals surface area contributed by atoms with E-state index in [0.29, 0.717) is 5.75 Å². The smallest absolute Gasteiger partial charge is 0.308 e. The molecule has 0 unspecified atom stereocenters. The van der Waals surface area contributed by atoms with E-state index < -0.39 is 0 Å². The highest BCUT2D eigenvalue weighted by molar-refractivity contribution is 7.07. The van der Waals surface area contributed by atoms with Crippen LogP contribution < -0.4 is 4.74 Å². The summed E-state index contributed by atoms with van der Waals surface area (Å²) in [6.07, 6.45) is 0.893. The van der Waals surface area contributed by atoms with Gasteiger partial charge < -0.3 is 9.84 Å². The van der Waals surface area contributed by atoms with Gasteiger partial charge in [0.2, 0.25) is 0 Å². The lowest BCUT2D eigenvalue weighted by atomic mass is 10.0. The molecule has 0 bridgehead atoms. The first-order chi connectivity index (χ1) is 11.9. The second-order valence-corrected chi connectivity index (χ2v) is 7.21. The summed E-state index contributed by atoms with van der Waals surface area (Å²) in [7, 11) is 0. The van der Waals surface area contributed by atoms with Crippen LogP contribution in [-0.2, 0) is 17.9 Å². The molecule has 1 heterocycles. The molecule has 1 aromatic heterocycles. The summed E-state index contributed by atoms with van der Waals surface area (Å²) in [6.45, 7) is 9.14. The van der Waals surface area contributed by atoms with Crippen LogP contribution in [0.2, 0.25) is 0 Å². The molecule has 0 saturated carbocycles. The van der Waals surface area contributed by atoms with E-state index in [1.165, 1.54) is 12.5 Å². The molecule has 25 heavy (non-hydrogen) atoms. The molecule has 1 atom stereocenters. The third-order valence-corrected chi connectivity index (χ3v) is 5.05. The second-order valence-electron chi connectivity index (χ2n) is 6.43. The Labute approximate surface area is 154 Å². The fourth-order valence-electron chi connectivity index (χ4n) is 3.10. The lowest BCUT2D eigenvalue weighted by Crippen LogP contribution is -2.36. The molecule has 0 amide bonds. The van der Waals surface area contributed by atoms with Crippen LogP contribution in [0.3, 0.4) is 0 Å². The van der Waals surface area contributed by atoms with Crippen molar-refractivity contribution in [2.24, 2.45) is 0 Å². The molecular weight excluding hydrogens is 334 g/mol. The van der Waals surface area contributed by atoms with Gasteiger partial charge in [0.1, 0.15) is 5.75 Å². The van der Waals surface area contributed by atoms with E-state index in [0.717, 1.165) is 36.2 Å². The van der Waals surface area contributed by atoms with Gasteiger partial charge in [0.25, 0.3) is 0 Å². The number of esters is 1. The van der Waals surface area contributed by atoms with E-state index in [1.54, 1.807) is 11.3 Å². The van der Waals surface area contributed by atoms with E-state index in [4.69, 9.17) is 4.74 Å². The maximum absolute atomic E-state index is 11.3. The number of aryl methyl sites for hydroxylation is 2. The van der Waals surface area contributed by atoms with Crippen molar-refractivity contribution < 1.29 is 14.6 Å². The van der Waals surface area contributed by atoms with Crippen molar-refractivity contribution in [1.82, 2.24) is 4.90 Å². The van der Waals surface area contributed by atoms with Crippen molar-refractivity contribution in [1.29, 1.82) is 0 Å². The maximum Gasteiger partial charge on any atom is 0.308 e. The minimum Gasteiger partial charge on any atom is -0.426 e. The summed E-state index contributed by atoms with van der Waals surface area (Å²) in [5.41, 5.74) is 4.34. The molecule has 5 heteroatoms. The zero-order valence-corrected chi connectivity index (χ0v) is 16.2. The number of rotatable bonds is 8. The van der Waals surface area contributed by atoms with Gasteiger partial charge in [-0.05, 0) is 59.3 Å². The first kappa shape index (κ1) is 19.6. The van der Waals surface area contributed by atoms with Gasteiger partial charge in [-0.2, -0.15) is 11.3 Å². The number of hydrogen-bond acceptors (Lipinski definition) is 5. The summed E-state index contributed by atoms with van der Waals surface area (Å²) in [5, 5.41) is 14.0. The third-order valence-electron chi connectivity index (χ3n) is 4.32. The van der Waals surface area contributed by atoms with Gasteiger partial charge in [-0.25, -0.2) is 0 Å². The van der Waals surface area contributed by atoms with E-state index in [-0.39, 0.29) is 18.6 Å².